The van der Waals surface area contributed by atoms with Gasteiger partial charge < -0.3 is 19.8 Å². The molecule has 2 aromatic heterocycles. The van der Waals surface area contributed by atoms with Crippen molar-refractivity contribution >= 4 is 17.6 Å². The number of aryl methyl sites for hydroxylation is 1. The summed E-state index contributed by atoms with van der Waals surface area (Å²) in [6.07, 6.45) is -9.31. The molecular weight excluding hydrogens is 580 g/mol. The third-order valence-corrected chi connectivity index (χ3v) is 5.83. The minimum atomic E-state index is -4.69. The highest BCUT2D eigenvalue weighted by molar-refractivity contribution is 5.70. The Morgan fingerprint density at radius 2 is 1.56 bits per heavy atom. The highest BCUT2D eigenvalue weighted by Crippen LogP contribution is 2.32. The highest BCUT2D eigenvalue weighted by atomic mass is 19.4. The fraction of sp³-hybridized carbons (Fsp3) is 0.179. The Bertz CT molecular complexity index is 1710. The largest absolute Gasteiger partial charge is 0.454 e. The number of hydrogen-bond donors (Lipinski definition) is 2. The zero-order chi connectivity index (χ0) is 30.6. The SMILES string of the molecule is Cc1nnc(-c2ccc(-c3ccccc3)cc2CNc2nc(Nc3cccc(C(F)(F)F)c3)nc(OCC(F)(F)F)n2)o1. The van der Waals surface area contributed by atoms with E-state index in [9.17, 15) is 26.3 Å². The van der Waals surface area contributed by atoms with Crippen molar-refractivity contribution in [2.24, 2.45) is 0 Å². The van der Waals surface area contributed by atoms with Crippen LogP contribution in [-0.2, 0) is 12.7 Å². The third-order valence-electron chi connectivity index (χ3n) is 5.83. The smallest absolute Gasteiger partial charge is 0.422 e. The van der Waals surface area contributed by atoms with Crippen LogP contribution < -0.4 is 15.4 Å². The molecule has 3 aromatic carbocycles. The van der Waals surface area contributed by atoms with Gasteiger partial charge in [-0.25, -0.2) is 0 Å². The average Bonchev–Trinajstić information content (AvgIpc) is 3.40. The third kappa shape index (κ3) is 7.75. The van der Waals surface area contributed by atoms with Crippen LogP contribution in [0.2, 0.25) is 0 Å². The standard InChI is InChI=1S/C28H21F6N7O2/c1-16-40-41-23(43-16)22-11-10-18(17-6-3-2-4-7-17)12-19(22)14-35-24-37-25(39-26(38-24)42-15-27(29,30)31)36-21-9-5-8-20(13-21)28(32,33)34/h2-13H,14-15H2,1H3,(H2,35,36,37,38,39). The number of anilines is 3. The zero-order valence-corrected chi connectivity index (χ0v) is 22.2. The number of benzene rings is 3. The lowest BCUT2D eigenvalue weighted by Gasteiger charge is -2.14. The molecule has 43 heavy (non-hydrogen) atoms. The molecule has 0 spiro atoms. The van der Waals surface area contributed by atoms with Crippen molar-refractivity contribution in [3.63, 3.8) is 0 Å². The molecule has 0 fully saturated rings. The van der Waals surface area contributed by atoms with Gasteiger partial charge in [-0.15, -0.1) is 10.2 Å². The van der Waals surface area contributed by atoms with Gasteiger partial charge in [-0.1, -0.05) is 42.5 Å². The molecule has 0 bridgehead atoms. The lowest BCUT2D eigenvalue weighted by atomic mass is 9.99. The van der Waals surface area contributed by atoms with Gasteiger partial charge in [-0.3, -0.25) is 0 Å². The van der Waals surface area contributed by atoms with E-state index in [4.69, 9.17) is 9.15 Å². The van der Waals surface area contributed by atoms with Gasteiger partial charge in [0.25, 0.3) is 0 Å². The van der Waals surface area contributed by atoms with Crippen LogP contribution in [0.4, 0.5) is 43.9 Å². The number of halogens is 6. The Labute approximate surface area is 240 Å². The second kappa shape index (κ2) is 12.0. The molecule has 0 aliphatic heterocycles. The van der Waals surface area contributed by atoms with Crippen LogP contribution >= 0.6 is 0 Å². The lowest BCUT2D eigenvalue weighted by molar-refractivity contribution is -0.154. The van der Waals surface area contributed by atoms with E-state index in [-0.39, 0.29) is 30.0 Å². The Balaban J connectivity index is 1.47. The van der Waals surface area contributed by atoms with Crippen molar-refractivity contribution in [1.29, 1.82) is 0 Å². The predicted molar refractivity (Wildman–Crippen MR) is 143 cm³/mol. The second-order valence-corrected chi connectivity index (χ2v) is 9.09. The summed E-state index contributed by atoms with van der Waals surface area (Å²) >= 11 is 0. The number of alkyl halides is 6. The van der Waals surface area contributed by atoms with Gasteiger partial charge in [0.05, 0.1) is 5.56 Å². The molecule has 0 unspecified atom stereocenters. The summed E-state index contributed by atoms with van der Waals surface area (Å²) in [4.78, 5) is 11.8. The quantitative estimate of drug-likeness (QED) is 0.169. The molecule has 5 aromatic rings. The minimum absolute atomic E-state index is 0.0309. The molecule has 2 heterocycles. The summed E-state index contributed by atoms with van der Waals surface area (Å²) in [5.74, 6) is 0.0279. The van der Waals surface area contributed by atoms with Crippen LogP contribution in [0, 0.1) is 6.92 Å². The van der Waals surface area contributed by atoms with Gasteiger partial charge in [-0.05, 0) is 47.0 Å². The maximum atomic E-state index is 13.2. The first-order valence-electron chi connectivity index (χ1n) is 12.6. The van der Waals surface area contributed by atoms with E-state index in [2.05, 4.69) is 35.8 Å². The van der Waals surface area contributed by atoms with Crippen LogP contribution in [0.3, 0.4) is 0 Å². The van der Waals surface area contributed by atoms with E-state index >= 15 is 0 Å². The van der Waals surface area contributed by atoms with Gasteiger partial charge >= 0.3 is 18.4 Å². The van der Waals surface area contributed by atoms with Crippen molar-refractivity contribution in [2.45, 2.75) is 25.8 Å². The van der Waals surface area contributed by atoms with E-state index in [1.165, 1.54) is 6.07 Å². The fourth-order valence-corrected chi connectivity index (χ4v) is 3.94. The van der Waals surface area contributed by atoms with Crippen molar-refractivity contribution in [2.75, 3.05) is 17.2 Å². The van der Waals surface area contributed by atoms with Crippen LogP contribution in [0.5, 0.6) is 6.01 Å². The first-order chi connectivity index (χ1) is 20.4. The average molecular weight is 602 g/mol. The van der Waals surface area contributed by atoms with Crippen LogP contribution in [0.1, 0.15) is 17.0 Å². The molecule has 222 valence electrons. The van der Waals surface area contributed by atoms with E-state index in [1.807, 2.05) is 42.5 Å². The molecule has 9 nitrogen and oxygen atoms in total. The van der Waals surface area contributed by atoms with Crippen molar-refractivity contribution in [1.82, 2.24) is 25.1 Å². The Morgan fingerprint density at radius 3 is 2.26 bits per heavy atom. The number of aromatic nitrogens is 5. The summed E-state index contributed by atoms with van der Waals surface area (Å²) in [5.41, 5.74) is 2.01. The second-order valence-electron chi connectivity index (χ2n) is 9.09. The van der Waals surface area contributed by atoms with E-state index in [1.54, 1.807) is 13.0 Å². The molecule has 0 aliphatic rings. The Kier molecular flexibility index (Phi) is 8.14. The molecule has 5 rings (SSSR count). The van der Waals surface area contributed by atoms with Crippen molar-refractivity contribution < 1.29 is 35.5 Å². The maximum absolute atomic E-state index is 13.2. The molecular formula is C28H21F6N7O2. The summed E-state index contributed by atoms with van der Waals surface area (Å²) < 4.78 is 88.4. The fourth-order valence-electron chi connectivity index (χ4n) is 3.94. The van der Waals surface area contributed by atoms with Crippen molar-refractivity contribution in [3.8, 4) is 28.6 Å². The molecule has 0 saturated heterocycles. The summed E-state index contributed by atoms with van der Waals surface area (Å²) in [6, 6.07) is 18.5. The molecule has 0 radical (unpaired) electrons. The Hall–Kier alpha value is -5.21. The van der Waals surface area contributed by atoms with E-state index in [0.29, 0.717) is 17.0 Å². The topological polar surface area (TPSA) is 111 Å². The van der Waals surface area contributed by atoms with Crippen molar-refractivity contribution in [3.05, 3.63) is 89.8 Å². The van der Waals surface area contributed by atoms with Gasteiger partial charge in [0.15, 0.2) is 6.61 Å². The number of nitrogens with zero attached hydrogens (tertiary/aromatic N) is 5. The molecule has 0 atom stereocenters. The molecule has 0 aliphatic carbocycles. The monoisotopic (exact) mass is 601 g/mol. The first kappa shape index (κ1) is 29.3. The summed E-state index contributed by atoms with van der Waals surface area (Å²) in [7, 11) is 0. The van der Waals surface area contributed by atoms with Crippen LogP contribution in [0.25, 0.3) is 22.6 Å². The predicted octanol–water partition coefficient (Wildman–Crippen LogP) is 7.21. The maximum Gasteiger partial charge on any atom is 0.422 e. The number of nitrogens with one attached hydrogen (secondary N) is 2. The summed E-state index contributed by atoms with van der Waals surface area (Å²) in [6.45, 7) is -0.0264. The zero-order valence-electron chi connectivity index (χ0n) is 22.2. The van der Waals surface area contributed by atoms with E-state index in [0.717, 1.165) is 29.3 Å². The van der Waals surface area contributed by atoms with Crippen LogP contribution in [0.15, 0.2) is 77.2 Å². The number of ether oxygens (including phenoxy) is 1. The number of rotatable bonds is 9. The van der Waals surface area contributed by atoms with Gasteiger partial charge in [0.1, 0.15) is 0 Å². The highest BCUT2D eigenvalue weighted by Gasteiger charge is 2.31. The van der Waals surface area contributed by atoms with Gasteiger partial charge in [0, 0.05) is 24.7 Å². The lowest BCUT2D eigenvalue weighted by Crippen LogP contribution is -2.21. The molecule has 0 saturated carbocycles. The van der Waals surface area contributed by atoms with Gasteiger partial charge in [-0.2, -0.15) is 41.3 Å². The first-order valence-corrected chi connectivity index (χ1v) is 12.6. The van der Waals surface area contributed by atoms with Gasteiger partial charge in [0.2, 0.25) is 23.7 Å². The van der Waals surface area contributed by atoms with Crippen LogP contribution in [-0.4, -0.2) is 37.9 Å². The minimum Gasteiger partial charge on any atom is -0.454 e. The number of hydrogen-bond acceptors (Lipinski definition) is 9. The molecule has 2 N–H and O–H groups in total. The summed E-state index contributed by atoms with van der Waals surface area (Å²) in [5, 5.41) is 13.4. The molecule has 15 heteroatoms. The Morgan fingerprint density at radius 1 is 0.791 bits per heavy atom. The van der Waals surface area contributed by atoms with E-state index < -0.39 is 30.5 Å². The normalized spacial score (nSPS) is 11.8. The molecule has 0 amide bonds.